The number of thiophene rings is 1. The van der Waals surface area contributed by atoms with Crippen molar-refractivity contribution in [2.24, 2.45) is 0 Å². The molecule has 9 aromatic carbocycles. The SMILES string of the molecule is c1ccc(N(c2ccc(-n3c4ccccc4c4c(-c5ccc6c(c5)oc5ccccc56)c5c(cc43)oc3ccccc35)cc2)c2ccc3c(c2)sc2ccccc23)cc1. The van der Waals surface area contributed by atoms with Crippen LogP contribution in [0, 0.1) is 0 Å². The van der Waals surface area contributed by atoms with E-state index in [0.29, 0.717) is 0 Å². The molecule has 13 aromatic rings. The maximum atomic E-state index is 6.70. The van der Waals surface area contributed by atoms with Crippen LogP contribution in [0.15, 0.2) is 203 Å². The third kappa shape index (κ3) is 4.83. The van der Waals surface area contributed by atoms with Crippen LogP contribution in [0.3, 0.4) is 0 Å². The lowest BCUT2D eigenvalue weighted by Gasteiger charge is -2.26. The molecule has 0 aliphatic heterocycles. The Labute approximate surface area is 342 Å². The van der Waals surface area contributed by atoms with Crippen LogP contribution in [0.5, 0.6) is 0 Å². The summed E-state index contributed by atoms with van der Waals surface area (Å²) >= 11 is 1.85. The van der Waals surface area contributed by atoms with Crippen LogP contribution >= 0.6 is 11.3 Å². The molecule has 0 unspecified atom stereocenters. The molecule has 59 heavy (non-hydrogen) atoms. The Bertz CT molecular complexity index is 3790. The highest BCUT2D eigenvalue weighted by atomic mass is 32.1. The van der Waals surface area contributed by atoms with Gasteiger partial charge < -0.3 is 18.3 Å². The highest BCUT2D eigenvalue weighted by Gasteiger charge is 2.24. The molecular weight excluding hydrogens is 741 g/mol. The number of benzene rings is 9. The molecule has 4 nitrogen and oxygen atoms in total. The normalized spacial score (nSPS) is 12.1. The van der Waals surface area contributed by atoms with Crippen molar-refractivity contribution in [1.29, 1.82) is 0 Å². The van der Waals surface area contributed by atoms with E-state index < -0.39 is 0 Å². The van der Waals surface area contributed by atoms with Crippen molar-refractivity contribution < 1.29 is 8.83 Å². The smallest absolute Gasteiger partial charge is 0.138 e. The fourth-order valence-corrected chi connectivity index (χ4v) is 10.5. The van der Waals surface area contributed by atoms with E-state index in [0.717, 1.165) is 88.8 Å². The molecule has 0 aliphatic rings. The second kappa shape index (κ2) is 12.4. The Morgan fingerprint density at radius 2 is 0.983 bits per heavy atom. The summed E-state index contributed by atoms with van der Waals surface area (Å²) in [6.45, 7) is 0. The van der Waals surface area contributed by atoms with E-state index in [9.17, 15) is 0 Å². The molecule has 0 saturated carbocycles. The second-order valence-corrected chi connectivity index (χ2v) is 16.3. The van der Waals surface area contributed by atoms with Gasteiger partial charge in [-0.3, -0.25) is 0 Å². The molecule has 276 valence electrons. The van der Waals surface area contributed by atoms with Crippen LogP contribution in [0.1, 0.15) is 0 Å². The molecular formula is C54H32N2O2S. The average Bonchev–Trinajstić information content (AvgIpc) is 4.05. The van der Waals surface area contributed by atoms with Gasteiger partial charge in [0.05, 0.1) is 11.0 Å². The summed E-state index contributed by atoms with van der Waals surface area (Å²) in [6, 6.07) is 69.4. The first-order valence-corrected chi connectivity index (χ1v) is 20.7. The van der Waals surface area contributed by atoms with E-state index in [-0.39, 0.29) is 0 Å². The Morgan fingerprint density at radius 1 is 0.373 bits per heavy atom. The van der Waals surface area contributed by atoms with Crippen molar-refractivity contribution in [3.63, 3.8) is 0 Å². The molecule has 0 fully saturated rings. The Balaban J connectivity index is 1.03. The fraction of sp³-hybridized carbons (Fsp3) is 0. The highest BCUT2D eigenvalue weighted by molar-refractivity contribution is 7.25. The van der Waals surface area contributed by atoms with Gasteiger partial charge in [0.25, 0.3) is 0 Å². The third-order valence-electron chi connectivity index (χ3n) is 12.0. The molecule has 0 amide bonds. The number of nitrogens with zero attached hydrogens (tertiary/aromatic N) is 2. The minimum Gasteiger partial charge on any atom is -0.456 e. The average molecular weight is 773 g/mol. The third-order valence-corrected chi connectivity index (χ3v) is 13.1. The minimum absolute atomic E-state index is 0.853. The predicted molar refractivity (Wildman–Crippen MR) is 248 cm³/mol. The van der Waals surface area contributed by atoms with Crippen molar-refractivity contribution in [3.05, 3.63) is 194 Å². The highest BCUT2D eigenvalue weighted by Crippen LogP contribution is 2.48. The Kier molecular flexibility index (Phi) is 6.85. The summed E-state index contributed by atoms with van der Waals surface area (Å²) < 4.78 is 18.1. The first kappa shape index (κ1) is 32.5. The van der Waals surface area contributed by atoms with Gasteiger partial charge in [-0.2, -0.15) is 0 Å². The molecule has 0 saturated heterocycles. The molecule has 0 N–H and O–H groups in total. The lowest BCUT2D eigenvalue weighted by molar-refractivity contribution is 0.668. The number of fused-ring (bicyclic) bond motifs is 12. The second-order valence-electron chi connectivity index (χ2n) is 15.2. The lowest BCUT2D eigenvalue weighted by atomic mass is 9.93. The molecule has 13 rings (SSSR count). The summed E-state index contributed by atoms with van der Waals surface area (Å²) in [5, 5.41) is 9.40. The summed E-state index contributed by atoms with van der Waals surface area (Å²) in [5.41, 5.74) is 12.3. The van der Waals surface area contributed by atoms with Crippen LogP contribution in [0.2, 0.25) is 0 Å². The van der Waals surface area contributed by atoms with Gasteiger partial charge in [0.15, 0.2) is 0 Å². The zero-order valence-electron chi connectivity index (χ0n) is 31.6. The van der Waals surface area contributed by atoms with Gasteiger partial charge in [-0.15, -0.1) is 11.3 Å². The van der Waals surface area contributed by atoms with Crippen molar-refractivity contribution in [3.8, 4) is 16.8 Å². The summed E-state index contributed by atoms with van der Waals surface area (Å²) in [7, 11) is 0. The standard InChI is InChI=1S/C54H32N2O2S/c1-2-12-34(13-3-1)55(37-27-29-41-40-15-7-11-21-50(40)59-51(41)31-37)35-23-25-36(26-24-35)56-44-18-8-4-16-42(44)53-45(56)32-49-54(43-17-6-10-20-47(43)58-49)52(53)33-22-28-39-38-14-5-9-19-46(38)57-48(39)30-33/h1-32H. The van der Waals surface area contributed by atoms with Gasteiger partial charge in [-0.05, 0) is 90.5 Å². The van der Waals surface area contributed by atoms with E-state index in [4.69, 9.17) is 8.83 Å². The van der Waals surface area contributed by atoms with Gasteiger partial charge in [0.1, 0.15) is 22.3 Å². The first-order valence-electron chi connectivity index (χ1n) is 19.9. The van der Waals surface area contributed by atoms with Crippen molar-refractivity contribution >= 4 is 114 Å². The number of anilines is 3. The first-order chi connectivity index (χ1) is 29.2. The molecule has 0 bridgehead atoms. The molecule has 0 radical (unpaired) electrons. The maximum absolute atomic E-state index is 6.70. The van der Waals surface area contributed by atoms with E-state index >= 15 is 0 Å². The molecule has 0 atom stereocenters. The van der Waals surface area contributed by atoms with Crippen molar-refractivity contribution in [2.45, 2.75) is 0 Å². The van der Waals surface area contributed by atoms with Gasteiger partial charge >= 0.3 is 0 Å². The zero-order valence-corrected chi connectivity index (χ0v) is 32.4. The minimum atomic E-state index is 0.853. The Hall–Kier alpha value is -7.60. The number of rotatable bonds is 5. The summed E-state index contributed by atoms with van der Waals surface area (Å²) in [6.07, 6.45) is 0. The quantitative estimate of drug-likeness (QED) is 0.175. The number of hydrogen-bond acceptors (Lipinski definition) is 4. The summed E-state index contributed by atoms with van der Waals surface area (Å²) in [4.78, 5) is 2.35. The molecule has 0 aliphatic carbocycles. The lowest BCUT2D eigenvalue weighted by Crippen LogP contribution is -2.09. The van der Waals surface area contributed by atoms with Crippen LogP contribution in [0.25, 0.3) is 103 Å². The van der Waals surface area contributed by atoms with Crippen LogP contribution in [-0.2, 0) is 0 Å². The van der Waals surface area contributed by atoms with E-state index in [1.807, 2.05) is 29.5 Å². The van der Waals surface area contributed by atoms with Gasteiger partial charge in [-0.1, -0.05) is 103 Å². The van der Waals surface area contributed by atoms with Crippen LogP contribution in [0.4, 0.5) is 17.1 Å². The number of hydrogen-bond donors (Lipinski definition) is 0. The van der Waals surface area contributed by atoms with E-state index in [1.165, 1.54) is 30.9 Å². The topological polar surface area (TPSA) is 34.5 Å². The van der Waals surface area contributed by atoms with E-state index in [2.05, 4.69) is 185 Å². The molecule has 4 aromatic heterocycles. The fourth-order valence-electron chi connectivity index (χ4n) is 9.41. The van der Waals surface area contributed by atoms with Crippen molar-refractivity contribution in [2.75, 3.05) is 4.90 Å². The molecule has 4 heterocycles. The van der Waals surface area contributed by atoms with Crippen LogP contribution < -0.4 is 4.90 Å². The number of aromatic nitrogens is 1. The summed E-state index contributed by atoms with van der Waals surface area (Å²) in [5.74, 6) is 0. The van der Waals surface area contributed by atoms with E-state index in [1.54, 1.807) is 0 Å². The predicted octanol–water partition coefficient (Wildman–Crippen LogP) is 16.1. The molecule has 0 spiro atoms. The maximum Gasteiger partial charge on any atom is 0.138 e. The molecule has 5 heteroatoms. The van der Waals surface area contributed by atoms with Crippen LogP contribution in [-0.4, -0.2) is 4.57 Å². The van der Waals surface area contributed by atoms with Gasteiger partial charge in [0.2, 0.25) is 0 Å². The van der Waals surface area contributed by atoms with Crippen molar-refractivity contribution in [1.82, 2.24) is 4.57 Å². The zero-order chi connectivity index (χ0) is 38.6. The largest absolute Gasteiger partial charge is 0.456 e. The Morgan fingerprint density at radius 3 is 1.83 bits per heavy atom. The van der Waals surface area contributed by atoms with Gasteiger partial charge in [0, 0.05) is 86.9 Å². The number of furan rings is 2. The number of para-hydroxylation sites is 4. The van der Waals surface area contributed by atoms with Gasteiger partial charge in [-0.25, -0.2) is 0 Å². The monoisotopic (exact) mass is 772 g/mol.